The molecule has 0 aliphatic heterocycles. The lowest BCUT2D eigenvalue weighted by atomic mass is 9.65. The van der Waals surface area contributed by atoms with Crippen LogP contribution in [0.2, 0.25) is 0 Å². The molecule has 0 spiro atoms. The van der Waals surface area contributed by atoms with Gasteiger partial charge in [0.2, 0.25) is 0 Å². The second-order valence-corrected chi connectivity index (χ2v) is 5.83. The van der Waals surface area contributed by atoms with E-state index >= 15 is 0 Å². The molecule has 0 aromatic carbocycles. The first-order valence-electron chi connectivity index (χ1n) is 7.26. The molecule has 0 saturated heterocycles. The lowest BCUT2D eigenvalue weighted by Crippen LogP contribution is -2.32. The number of allylic oxidation sites excluding steroid dienone is 2. The zero-order valence-corrected chi connectivity index (χ0v) is 11.9. The molecule has 0 N–H and O–H groups in total. The number of hydrogen-bond donors (Lipinski definition) is 0. The van der Waals surface area contributed by atoms with Crippen LogP contribution in [-0.2, 0) is 0 Å². The van der Waals surface area contributed by atoms with Gasteiger partial charge in [0.25, 0.3) is 0 Å². The molecule has 0 amide bonds. The summed E-state index contributed by atoms with van der Waals surface area (Å²) in [5, 5.41) is 0. The van der Waals surface area contributed by atoms with Crippen molar-refractivity contribution >= 4 is 0 Å². The maximum Gasteiger partial charge on any atom is -0.0203 e. The predicted octanol–water partition coefficient (Wildman–Crippen LogP) is 5.30. The number of hydrogen-bond acceptors (Lipinski definition) is 0. The standard InChI is InChI=1S/C16H30/c1-6-9-15-11-16(14(7-2)8-3)10-12(4)13(15)5/h6,9,12-16H,7-8,10-11H2,1-5H3. The van der Waals surface area contributed by atoms with Gasteiger partial charge in [0.1, 0.15) is 0 Å². The minimum Gasteiger partial charge on any atom is -0.0914 e. The molecule has 4 unspecified atom stereocenters. The van der Waals surface area contributed by atoms with Gasteiger partial charge in [0, 0.05) is 0 Å². The first kappa shape index (κ1) is 13.8. The molecule has 1 fully saturated rings. The van der Waals surface area contributed by atoms with Crippen LogP contribution in [0.15, 0.2) is 12.2 Å². The van der Waals surface area contributed by atoms with Crippen LogP contribution < -0.4 is 0 Å². The van der Waals surface area contributed by atoms with E-state index in [2.05, 4.69) is 46.8 Å². The van der Waals surface area contributed by atoms with E-state index in [9.17, 15) is 0 Å². The fourth-order valence-corrected chi connectivity index (χ4v) is 3.62. The van der Waals surface area contributed by atoms with Crippen molar-refractivity contribution in [3.63, 3.8) is 0 Å². The molecular formula is C16H30. The minimum absolute atomic E-state index is 0.833. The molecule has 0 aromatic rings. The van der Waals surface area contributed by atoms with Gasteiger partial charge in [-0.25, -0.2) is 0 Å². The molecule has 16 heavy (non-hydrogen) atoms. The Morgan fingerprint density at radius 1 is 1.12 bits per heavy atom. The van der Waals surface area contributed by atoms with Crippen molar-refractivity contribution in [3.05, 3.63) is 12.2 Å². The summed E-state index contributed by atoms with van der Waals surface area (Å²) in [5.74, 6) is 4.55. The van der Waals surface area contributed by atoms with E-state index in [4.69, 9.17) is 0 Å². The van der Waals surface area contributed by atoms with Crippen molar-refractivity contribution in [3.8, 4) is 0 Å². The normalized spacial score (nSPS) is 36.1. The summed E-state index contributed by atoms with van der Waals surface area (Å²) in [6, 6.07) is 0. The zero-order valence-electron chi connectivity index (χ0n) is 11.9. The highest BCUT2D eigenvalue weighted by Gasteiger charge is 2.33. The number of rotatable bonds is 4. The Hall–Kier alpha value is -0.260. The van der Waals surface area contributed by atoms with E-state index in [0.29, 0.717) is 0 Å². The molecule has 94 valence electrons. The molecular weight excluding hydrogens is 192 g/mol. The topological polar surface area (TPSA) is 0 Å². The highest BCUT2D eigenvalue weighted by molar-refractivity contribution is 4.95. The Balaban J connectivity index is 2.69. The molecule has 1 saturated carbocycles. The Bertz CT molecular complexity index is 212. The van der Waals surface area contributed by atoms with Crippen LogP contribution in [0, 0.1) is 29.6 Å². The van der Waals surface area contributed by atoms with Gasteiger partial charge in [-0.3, -0.25) is 0 Å². The van der Waals surface area contributed by atoms with E-state index in [-0.39, 0.29) is 0 Å². The first-order chi connectivity index (χ1) is 7.63. The molecule has 0 bridgehead atoms. The van der Waals surface area contributed by atoms with Crippen molar-refractivity contribution in [2.45, 2.75) is 60.3 Å². The molecule has 0 radical (unpaired) electrons. The summed E-state index contributed by atoms with van der Waals surface area (Å²) in [6.07, 6.45) is 10.3. The van der Waals surface area contributed by atoms with Crippen molar-refractivity contribution in [2.75, 3.05) is 0 Å². The van der Waals surface area contributed by atoms with Crippen LogP contribution in [0.1, 0.15) is 60.3 Å². The smallest absolute Gasteiger partial charge is 0.0203 e. The van der Waals surface area contributed by atoms with E-state index in [1.807, 2.05) is 0 Å². The predicted molar refractivity (Wildman–Crippen MR) is 73.4 cm³/mol. The van der Waals surface area contributed by atoms with Crippen LogP contribution in [0.5, 0.6) is 0 Å². The molecule has 0 nitrogen and oxygen atoms in total. The lowest BCUT2D eigenvalue weighted by Gasteiger charge is -2.40. The van der Waals surface area contributed by atoms with E-state index in [1.165, 1.54) is 25.7 Å². The van der Waals surface area contributed by atoms with Gasteiger partial charge >= 0.3 is 0 Å². The SMILES string of the molecule is CC=CC1CC(C(CC)CC)CC(C)C1C. The summed E-state index contributed by atoms with van der Waals surface area (Å²) in [7, 11) is 0. The van der Waals surface area contributed by atoms with Crippen LogP contribution >= 0.6 is 0 Å². The maximum absolute atomic E-state index is 2.45. The average Bonchev–Trinajstić information content (AvgIpc) is 2.27. The van der Waals surface area contributed by atoms with Crippen LogP contribution in [0.3, 0.4) is 0 Å². The summed E-state index contributed by atoms with van der Waals surface area (Å²) < 4.78 is 0. The zero-order chi connectivity index (χ0) is 12.1. The lowest BCUT2D eigenvalue weighted by molar-refractivity contribution is 0.113. The Morgan fingerprint density at radius 3 is 2.25 bits per heavy atom. The molecule has 0 heteroatoms. The summed E-state index contributed by atoms with van der Waals surface area (Å²) >= 11 is 0. The second kappa shape index (κ2) is 6.47. The van der Waals surface area contributed by atoms with E-state index in [0.717, 1.165) is 29.6 Å². The quantitative estimate of drug-likeness (QED) is 0.566. The fraction of sp³-hybridized carbons (Fsp3) is 0.875. The highest BCUT2D eigenvalue weighted by atomic mass is 14.4. The van der Waals surface area contributed by atoms with Gasteiger partial charge in [-0.05, 0) is 49.4 Å². The molecule has 1 rings (SSSR count). The van der Waals surface area contributed by atoms with E-state index < -0.39 is 0 Å². The largest absolute Gasteiger partial charge is 0.0914 e. The maximum atomic E-state index is 2.45. The third kappa shape index (κ3) is 3.12. The van der Waals surface area contributed by atoms with Crippen LogP contribution in [0.25, 0.3) is 0 Å². The Kier molecular flexibility index (Phi) is 5.58. The molecule has 1 aliphatic rings. The van der Waals surface area contributed by atoms with Gasteiger partial charge in [0.15, 0.2) is 0 Å². The van der Waals surface area contributed by atoms with Crippen molar-refractivity contribution in [1.82, 2.24) is 0 Å². The van der Waals surface area contributed by atoms with Gasteiger partial charge in [-0.2, -0.15) is 0 Å². The Labute approximate surface area is 103 Å². The fourth-order valence-electron chi connectivity index (χ4n) is 3.62. The summed E-state index contributed by atoms with van der Waals surface area (Å²) in [5.41, 5.74) is 0. The summed E-state index contributed by atoms with van der Waals surface area (Å²) in [6.45, 7) is 11.8. The van der Waals surface area contributed by atoms with Crippen molar-refractivity contribution in [2.24, 2.45) is 29.6 Å². The second-order valence-electron chi connectivity index (χ2n) is 5.83. The van der Waals surface area contributed by atoms with E-state index in [1.54, 1.807) is 0 Å². The third-order valence-electron chi connectivity index (χ3n) is 4.98. The molecule has 1 aliphatic carbocycles. The molecule has 0 aromatic heterocycles. The van der Waals surface area contributed by atoms with Crippen LogP contribution in [0.4, 0.5) is 0 Å². The van der Waals surface area contributed by atoms with Crippen LogP contribution in [-0.4, -0.2) is 0 Å². The average molecular weight is 222 g/mol. The van der Waals surface area contributed by atoms with Gasteiger partial charge < -0.3 is 0 Å². The van der Waals surface area contributed by atoms with Gasteiger partial charge in [-0.15, -0.1) is 0 Å². The summed E-state index contributed by atoms with van der Waals surface area (Å²) in [4.78, 5) is 0. The third-order valence-corrected chi connectivity index (χ3v) is 4.98. The van der Waals surface area contributed by atoms with Gasteiger partial charge in [-0.1, -0.05) is 52.7 Å². The highest BCUT2D eigenvalue weighted by Crippen LogP contribution is 2.43. The van der Waals surface area contributed by atoms with Crippen molar-refractivity contribution in [1.29, 1.82) is 0 Å². The minimum atomic E-state index is 0.833. The molecule has 4 atom stereocenters. The Morgan fingerprint density at radius 2 is 1.75 bits per heavy atom. The van der Waals surface area contributed by atoms with Gasteiger partial charge in [0.05, 0.1) is 0 Å². The first-order valence-corrected chi connectivity index (χ1v) is 7.26. The molecule has 0 heterocycles. The monoisotopic (exact) mass is 222 g/mol. The van der Waals surface area contributed by atoms with Crippen molar-refractivity contribution < 1.29 is 0 Å².